The van der Waals surface area contributed by atoms with Crippen LogP contribution in [0.2, 0.25) is 5.02 Å². The van der Waals surface area contributed by atoms with E-state index in [4.69, 9.17) is 11.6 Å². The molecule has 0 radical (unpaired) electrons. The van der Waals surface area contributed by atoms with Gasteiger partial charge in [-0.3, -0.25) is 9.78 Å². The Hall–Kier alpha value is -2.59. The van der Waals surface area contributed by atoms with E-state index in [0.717, 1.165) is 10.9 Å². The highest BCUT2D eigenvalue weighted by Crippen LogP contribution is 2.26. The number of benzene rings is 2. The number of hydrogen-bond donors (Lipinski definition) is 2. The zero-order chi connectivity index (χ0) is 16.2. The van der Waals surface area contributed by atoms with Gasteiger partial charge >= 0.3 is 0 Å². The van der Waals surface area contributed by atoms with Crippen molar-refractivity contribution in [3.05, 3.63) is 70.9 Å². The van der Waals surface area contributed by atoms with E-state index in [1.165, 1.54) is 0 Å². The predicted molar refractivity (Wildman–Crippen MR) is 97.6 cm³/mol. The quantitative estimate of drug-likeness (QED) is 0.746. The highest BCUT2D eigenvalue weighted by atomic mass is 35.5. The molecule has 0 aliphatic rings. The molecule has 1 aromatic heterocycles. The van der Waals surface area contributed by atoms with Gasteiger partial charge in [0.25, 0.3) is 5.91 Å². The number of aromatic nitrogens is 1. The van der Waals surface area contributed by atoms with Gasteiger partial charge in [-0.05, 0) is 36.2 Å². The Morgan fingerprint density at radius 3 is 2.62 bits per heavy atom. The number of carbonyl (C=O) groups excluding carboxylic acids is 1. The molecule has 0 saturated heterocycles. The number of nitrogens with zero attached hydrogens (tertiary/aromatic N) is 1. The fourth-order valence-corrected chi connectivity index (χ4v) is 2.51. The number of pyridine rings is 1. The maximum absolute atomic E-state index is 12.2. The second kappa shape index (κ2) is 7.79. The molecular formula is C19H19ClN2O2. The molecule has 0 atom stereocenters. The SMILES string of the molecule is C.O=C(NCCc1ccc(Cl)cc1)c1ccc2cccnc2c1O. The molecule has 0 fully saturated rings. The van der Waals surface area contributed by atoms with Gasteiger partial charge in [-0.15, -0.1) is 0 Å². The minimum Gasteiger partial charge on any atom is -0.505 e. The standard InChI is InChI=1S/C18H15ClN2O2.CH4/c19-14-6-3-12(4-7-14)9-11-21-18(23)15-8-5-13-2-1-10-20-16(13)17(15)22;/h1-8,10,22H,9,11H2,(H,21,23);1H4. The van der Waals surface area contributed by atoms with Gasteiger partial charge < -0.3 is 10.4 Å². The maximum atomic E-state index is 12.2. The number of carbonyl (C=O) groups is 1. The fourth-order valence-electron chi connectivity index (χ4n) is 2.38. The normalized spacial score (nSPS) is 10.2. The summed E-state index contributed by atoms with van der Waals surface area (Å²) >= 11 is 5.84. The van der Waals surface area contributed by atoms with Crippen LogP contribution in [0.3, 0.4) is 0 Å². The van der Waals surface area contributed by atoms with E-state index in [1.807, 2.05) is 30.3 Å². The van der Waals surface area contributed by atoms with E-state index in [0.29, 0.717) is 23.5 Å². The van der Waals surface area contributed by atoms with Crippen molar-refractivity contribution >= 4 is 28.4 Å². The minimum atomic E-state index is -0.316. The Labute approximate surface area is 146 Å². The van der Waals surface area contributed by atoms with E-state index in [9.17, 15) is 9.90 Å². The maximum Gasteiger partial charge on any atom is 0.255 e. The summed E-state index contributed by atoms with van der Waals surface area (Å²) < 4.78 is 0. The van der Waals surface area contributed by atoms with Gasteiger partial charge in [-0.1, -0.05) is 43.3 Å². The summed E-state index contributed by atoms with van der Waals surface area (Å²) in [5.74, 6) is -0.406. The summed E-state index contributed by atoms with van der Waals surface area (Å²) in [7, 11) is 0. The minimum absolute atomic E-state index is 0. The lowest BCUT2D eigenvalue weighted by Crippen LogP contribution is -2.25. The van der Waals surface area contributed by atoms with Crippen LogP contribution in [0.5, 0.6) is 5.75 Å². The van der Waals surface area contributed by atoms with Crippen molar-refractivity contribution in [1.82, 2.24) is 10.3 Å². The molecule has 3 aromatic rings. The predicted octanol–water partition coefficient (Wildman–Crippen LogP) is 4.20. The lowest BCUT2D eigenvalue weighted by Gasteiger charge is -2.08. The fraction of sp³-hybridized carbons (Fsp3) is 0.158. The first-order valence-electron chi connectivity index (χ1n) is 7.24. The summed E-state index contributed by atoms with van der Waals surface area (Å²) in [6.07, 6.45) is 2.28. The molecule has 4 nitrogen and oxygen atoms in total. The number of amides is 1. The summed E-state index contributed by atoms with van der Waals surface area (Å²) in [4.78, 5) is 16.4. The summed E-state index contributed by atoms with van der Waals surface area (Å²) in [5, 5.41) is 14.5. The van der Waals surface area contributed by atoms with Crippen LogP contribution in [0.4, 0.5) is 0 Å². The van der Waals surface area contributed by atoms with E-state index in [1.54, 1.807) is 24.4 Å². The smallest absolute Gasteiger partial charge is 0.255 e. The molecule has 124 valence electrons. The molecule has 0 aliphatic carbocycles. The van der Waals surface area contributed by atoms with Gasteiger partial charge in [-0.2, -0.15) is 0 Å². The van der Waals surface area contributed by atoms with E-state index in [2.05, 4.69) is 10.3 Å². The van der Waals surface area contributed by atoms with Crippen molar-refractivity contribution in [3.8, 4) is 5.75 Å². The third kappa shape index (κ3) is 3.84. The Kier molecular flexibility index (Phi) is 5.77. The average molecular weight is 343 g/mol. The molecule has 1 heterocycles. The van der Waals surface area contributed by atoms with Crippen molar-refractivity contribution in [2.45, 2.75) is 13.8 Å². The van der Waals surface area contributed by atoms with Crippen LogP contribution in [0, 0.1) is 0 Å². The molecule has 2 aromatic carbocycles. The number of fused-ring (bicyclic) bond motifs is 1. The van der Waals surface area contributed by atoms with Crippen molar-refractivity contribution in [2.75, 3.05) is 6.54 Å². The van der Waals surface area contributed by atoms with Crippen LogP contribution in [-0.2, 0) is 6.42 Å². The zero-order valence-corrected chi connectivity index (χ0v) is 13.0. The molecule has 1 amide bonds. The zero-order valence-electron chi connectivity index (χ0n) is 12.3. The first-order valence-corrected chi connectivity index (χ1v) is 7.62. The van der Waals surface area contributed by atoms with Crippen LogP contribution in [0.1, 0.15) is 23.3 Å². The molecule has 0 bridgehead atoms. The molecule has 0 spiro atoms. The van der Waals surface area contributed by atoms with E-state index < -0.39 is 0 Å². The summed E-state index contributed by atoms with van der Waals surface area (Å²) in [6.45, 7) is 0.472. The highest BCUT2D eigenvalue weighted by Gasteiger charge is 2.14. The van der Waals surface area contributed by atoms with Crippen molar-refractivity contribution in [3.63, 3.8) is 0 Å². The van der Waals surface area contributed by atoms with Crippen LogP contribution in [0.25, 0.3) is 10.9 Å². The molecule has 0 aliphatic heterocycles. The van der Waals surface area contributed by atoms with Crippen molar-refractivity contribution < 1.29 is 9.90 Å². The van der Waals surface area contributed by atoms with Crippen molar-refractivity contribution in [1.29, 1.82) is 0 Å². The van der Waals surface area contributed by atoms with Crippen LogP contribution < -0.4 is 5.32 Å². The van der Waals surface area contributed by atoms with Crippen LogP contribution >= 0.6 is 11.6 Å². The molecule has 24 heavy (non-hydrogen) atoms. The van der Waals surface area contributed by atoms with Gasteiger partial charge in [0.2, 0.25) is 0 Å². The molecule has 3 rings (SSSR count). The number of rotatable bonds is 4. The number of nitrogens with one attached hydrogen (secondary N) is 1. The first kappa shape index (κ1) is 17.8. The number of aromatic hydroxyl groups is 1. The molecule has 0 unspecified atom stereocenters. The van der Waals surface area contributed by atoms with Gasteiger partial charge in [0.1, 0.15) is 5.52 Å². The second-order valence-electron chi connectivity index (χ2n) is 5.17. The number of hydrogen-bond acceptors (Lipinski definition) is 3. The Balaban J connectivity index is 0.00000208. The van der Waals surface area contributed by atoms with E-state index in [-0.39, 0.29) is 24.6 Å². The first-order chi connectivity index (χ1) is 11.1. The second-order valence-corrected chi connectivity index (χ2v) is 5.61. The largest absolute Gasteiger partial charge is 0.505 e. The van der Waals surface area contributed by atoms with Gasteiger partial charge in [0.05, 0.1) is 5.56 Å². The topological polar surface area (TPSA) is 62.2 Å². The van der Waals surface area contributed by atoms with Gasteiger partial charge in [0.15, 0.2) is 5.75 Å². The van der Waals surface area contributed by atoms with Gasteiger partial charge in [0, 0.05) is 23.2 Å². The third-order valence-corrected chi connectivity index (χ3v) is 3.86. The number of phenols is 1. The molecule has 2 N–H and O–H groups in total. The summed E-state index contributed by atoms with van der Waals surface area (Å²) in [6, 6.07) is 14.5. The molecule has 0 saturated carbocycles. The van der Waals surface area contributed by atoms with E-state index >= 15 is 0 Å². The summed E-state index contributed by atoms with van der Waals surface area (Å²) in [5.41, 5.74) is 1.74. The van der Waals surface area contributed by atoms with Crippen LogP contribution in [-0.4, -0.2) is 22.5 Å². The molecular weight excluding hydrogens is 324 g/mol. The lowest BCUT2D eigenvalue weighted by atomic mass is 10.1. The monoisotopic (exact) mass is 342 g/mol. The van der Waals surface area contributed by atoms with Gasteiger partial charge in [-0.25, -0.2) is 0 Å². The Morgan fingerprint density at radius 2 is 1.88 bits per heavy atom. The lowest BCUT2D eigenvalue weighted by molar-refractivity contribution is 0.0951. The number of halogens is 1. The average Bonchev–Trinajstić information content (AvgIpc) is 2.57. The third-order valence-electron chi connectivity index (χ3n) is 3.61. The Bertz CT molecular complexity index is 848. The highest BCUT2D eigenvalue weighted by molar-refractivity contribution is 6.30. The number of phenolic OH excluding ortho intramolecular Hbond substituents is 1. The Morgan fingerprint density at radius 1 is 1.12 bits per heavy atom. The van der Waals surface area contributed by atoms with Crippen LogP contribution in [0.15, 0.2) is 54.7 Å². The molecule has 5 heteroatoms. The van der Waals surface area contributed by atoms with Crippen molar-refractivity contribution in [2.24, 2.45) is 0 Å².